The first kappa shape index (κ1) is 22.5. The lowest BCUT2D eigenvalue weighted by Gasteiger charge is -2.28. The fourth-order valence-electron chi connectivity index (χ4n) is 4.24. The standard InChI is InChI=1S/C27H21N5O2S/c1-17(2)15-23-28-21-14-13-20(32(33)34)16-22(21)31(23)26-24(18-9-5-3-6-10-18)29-27(35)30-25(26)19-11-7-4-8-12-19/h3-16,26H,1-2H3. The van der Waals surface area contributed by atoms with Crippen molar-refractivity contribution in [2.24, 2.45) is 9.98 Å². The highest BCUT2D eigenvalue weighted by Crippen LogP contribution is 2.33. The molecular weight excluding hydrogens is 458 g/mol. The number of aliphatic imine (C=N–C) groups is 2. The lowest BCUT2D eigenvalue weighted by molar-refractivity contribution is -0.384. The molecule has 35 heavy (non-hydrogen) atoms. The summed E-state index contributed by atoms with van der Waals surface area (Å²) in [4.78, 5) is 25.5. The van der Waals surface area contributed by atoms with Crippen LogP contribution in [-0.2, 0) is 0 Å². The van der Waals surface area contributed by atoms with Gasteiger partial charge in [0.25, 0.3) is 5.69 Å². The van der Waals surface area contributed by atoms with E-state index in [0.29, 0.717) is 28.3 Å². The number of benzene rings is 3. The number of nitro benzene ring substituents is 1. The third kappa shape index (κ3) is 4.31. The minimum Gasteiger partial charge on any atom is -0.309 e. The van der Waals surface area contributed by atoms with Crippen molar-refractivity contribution in [2.75, 3.05) is 0 Å². The number of imidazole rings is 1. The van der Waals surface area contributed by atoms with Gasteiger partial charge in [-0.1, -0.05) is 66.2 Å². The molecule has 0 saturated heterocycles. The Morgan fingerprint density at radius 2 is 1.51 bits per heavy atom. The molecule has 0 spiro atoms. The van der Waals surface area contributed by atoms with Crippen LogP contribution in [0, 0.1) is 10.1 Å². The summed E-state index contributed by atoms with van der Waals surface area (Å²) in [7, 11) is 0. The van der Waals surface area contributed by atoms with E-state index in [1.165, 1.54) is 6.07 Å². The highest BCUT2D eigenvalue weighted by Gasteiger charge is 2.33. The van der Waals surface area contributed by atoms with Gasteiger partial charge in [0.2, 0.25) is 5.11 Å². The smallest absolute Gasteiger partial charge is 0.271 e. The molecule has 0 N–H and O–H groups in total. The molecule has 3 aromatic carbocycles. The van der Waals surface area contributed by atoms with Crippen molar-refractivity contribution in [1.82, 2.24) is 9.55 Å². The van der Waals surface area contributed by atoms with Crippen molar-refractivity contribution in [3.8, 4) is 0 Å². The minimum absolute atomic E-state index is 0.00914. The molecule has 7 nitrogen and oxygen atoms in total. The number of hydrogen-bond acceptors (Lipinski definition) is 4. The van der Waals surface area contributed by atoms with E-state index >= 15 is 0 Å². The number of thiocarbonyl (C=S) groups is 1. The van der Waals surface area contributed by atoms with Crippen molar-refractivity contribution >= 4 is 51.6 Å². The van der Waals surface area contributed by atoms with Gasteiger partial charge in [0.05, 0.1) is 27.4 Å². The first-order chi connectivity index (χ1) is 16.9. The number of aromatic nitrogens is 2. The van der Waals surface area contributed by atoms with E-state index in [1.54, 1.807) is 12.1 Å². The monoisotopic (exact) mass is 479 g/mol. The Hall–Kier alpha value is -4.30. The molecule has 0 bridgehead atoms. The molecule has 0 fully saturated rings. The maximum atomic E-state index is 11.6. The number of nitro groups is 1. The fraction of sp³-hybridized carbons (Fsp3) is 0.111. The molecule has 0 radical (unpaired) electrons. The van der Waals surface area contributed by atoms with Gasteiger partial charge in [-0.05, 0) is 49.3 Å². The topological polar surface area (TPSA) is 85.7 Å². The van der Waals surface area contributed by atoms with Crippen LogP contribution in [0.5, 0.6) is 0 Å². The molecule has 4 aromatic rings. The lowest BCUT2D eigenvalue weighted by Crippen LogP contribution is -2.33. The van der Waals surface area contributed by atoms with Crippen LogP contribution in [0.25, 0.3) is 17.1 Å². The Morgan fingerprint density at radius 3 is 2.03 bits per heavy atom. The Kier molecular flexibility index (Phi) is 5.88. The molecule has 0 aliphatic carbocycles. The fourth-order valence-corrected chi connectivity index (χ4v) is 4.43. The zero-order valence-corrected chi connectivity index (χ0v) is 19.9. The predicted octanol–water partition coefficient (Wildman–Crippen LogP) is 6.19. The van der Waals surface area contributed by atoms with Gasteiger partial charge in [-0.2, -0.15) is 0 Å². The van der Waals surface area contributed by atoms with Crippen LogP contribution in [0.1, 0.15) is 36.8 Å². The van der Waals surface area contributed by atoms with Crippen molar-refractivity contribution in [3.05, 3.63) is 112 Å². The average Bonchev–Trinajstić information content (AvgIpc) is 3.20. The Morgan fingerprint density at radius 1 is 0.943 bits per heavy atom. The van der Waals surface area contributed by atoms with Crippen LogP contribution in [0.4, 0.5) is 5.69 Å². The average molecular weight is 480 g/mol. The third-order valence-corrected chi connectivity index (χ3v) is 5.86. The molecule has 8 heteroatoms. The Balaban J connectivity index is 1.86. The molecule has 0 atom stereocenters. The van der Waals surface area contributed by atoms with Gasteiger partial charge in [-0.15, -0.1) is 0 Å². The molecule has 172 valence electrons. The second-order valence-electron chi connectivity index (χ2n) is 8.40. The molecule has 1 aliphatic heterocycles. The van der Waals surface area contributed by atoms with E-state index in [1.807, 2.05) is 85.2 Å². The minimum atomic E-state index is -0.510. The molecule has 0 unspecified atom stereocenters. The van der Waals surface area contributed by atoms with E-state index in [9.17, 15) is 10.1 Å². The van der Waals surface area contributed by atoms with E-state index in [4.69, 9.17) is 27.2 Å². The van der Waals surface area contributed by atoms with Crippen LogP contribution in [0.2, 0.25) is 0 Å². The number of fused-ring (bicyclic) bond motifs is 1. The van der Waals surface area contributed by atoms with Crippen molar-refractivity contribution in [3.63, 3.8) is 0 Å². The maximum Gasteiger partial charge on any atom is 0.271 e. The molecule has 2 heterocycles. The highest BCUT2D eigenvalue weighted by molar-refractivity contribution is 7.80. The number of nitrogens with zero attached hydrogens (tertiary/aromatic N) is 5. The maximum absolute atomic E-state index is 11.6. The Bertz CT molecular complexity index is 1490. The summed E-state index contributed by atoms with van der Waals surface area (Å²) < 4.78 is 1.98. The van der Waals surface area contributed by atoms with Gasteiger partial charge in [-0.25, -0.2) is 15.0 Å². The van der Waals surface area contributed by atoms with Gasteiger partial charge in [0, 0.05) is 12.1 Å². The van der Waals surface area contributed by atoms with Crippen LogP contribution in [-0.4, -0.2) is 31.0 Å². The summed E-state index contributed by atoms with van der Waals surface area (Å²) in [5, 5.41) is 11.9. The summed E-state index contributed by atoms with van der Waals surface area (Å²) in [6.45, 7) is 3.97. The summed E-state index contributed by atoms with van der Waals surface area (Å²) in [6, 6.07) is 23.8. The van der Waals surface area contributed by atoms with Crippen LogP contribution in [0.3, 0.4) is 0 Å². The first-order valence-electron chi connectivity index (χ1n) is 11.1. The number of rotatable bonds is 5. The van der Waals surface area contributed by atoms with Crippen molar-refractivity contribution in [2.45, 2.75) is 19.9 Å². The number of allylic oxidation sites excluding steroid dienone is 1. The number of hydrogen-bond donors (Lipinski definition) is 0. The zero-order valence-electron chi connectivity index (χ0n) is 19.1. The molecule has 1 aliphatic rings. The van der Waals surface area contributed by atoms with E-state index < -0.39 is 11.0 Å². The SMILES string of the molecule is CC(C)=Cc1nc2ccc([N+](=O)[O-])cc2n1C1C(c2ccccc2)=NC(=S)N=C1c1ccccc1. The van der Waals surface area contributed by atoms with Crippen LogP contribution in [0.15, 0.2) is 94.4 Å². The van der Waals surface area contributed by atoms with E-state index in [-0.39, 0.29) is 10.8 Å². The summed E-state index contributed by atoms with van der Waals surface area (Å²) in [5.41, 5.74) is 5.49. The van der Waals surface area contributed by atoms with E-state index in [0.717, 1.165) is 16.7 Å². The largest absolute Gasteiger partial charge is 0.309 e. The summed E-state index contributed by atoms with van der Waals surface area (Å²) in [6.07, 6.45) is 1.96. The van der Waals surface area contributed by atoms with Crippen molar-refractivity contribution in [1.29, 1.82) is 0 Å². The van der Waals surface area contributed by atoms with Gasteiger partial charge < -0.3 is 4.57 Å². The normalized spacial score (nSPS) is 13.9. The molecule has 5 rings (SSSR count). The lowest BCUT2D eigenvalue weighted by atomic mass is 9.93. The molecule has 0 saturated carbocycles. The van der Waals surface area contributed by atoms with Gasteiger partial charge in [0.1, 0.15) is 11.9 Å². The van der Waals surface area contributed by atoms with Gasteiger partial charge >= 0.3 is 0 Å². The first-order valence-corrected chi connectivity index (χ1v) is 11.5. The second-order valence-corrected chi connectivity index (χ2v) is 8.77. The predicted molar refractivity (Wildman–Crippen MR) is 143 cm³/mol. The molecule has 1 aromatic heterocycles. The van der Waals surface area contributed by atoms with Crippen molar-refractivity contribution < 1.29 is 4.92 Å². The second kappa shape index (κ2) is 9.15. The molecular formula is C27H21N5O2S. The summed E-state index contributed by atoms with van der Waals surface area (Å²) in [5.74, 6) is 0.658. The quantitative estimate of drug-likeness (QED) is 0.194. The highest BCUT2D eigenvalue weighted by atomic mass is 32.1. The molecule has 0 amide bonds. The van der Waals surface area contributed by atoms with Gasteiger partial charge in [-0.3, -0.25) is 10.1 Å². The van der Waals surface area contributed by atoms with E-state index in [2.05, 4.69) is 0 Å². The van der Waals surface area contributed by atoms with Crippen LogP contribution < -0.4 is 0 Å². The summed E-state index contributed by atoms with van der Waals surface area (Å²) >= 11 is 5.49. The third-order valence-electron chi connectivity index (χ3n) is 5.68. The zero-order chi connectivity index (χ0) is 24.5. The van der Waals surface area contributed by atoms with Gasteiger partial charge in [0.15, 0.2) is 0 Å². The number of non-ortho nitro benzene ring substituents is 1. The van der Waals surface area contributed by atoms with Crippen LogP contribution >= 0.6 is 12.2 Å². The Labute approximate surface area is 207 Å².